The first-order valence-electron chi connectivity index (χ1n) is 4.51. The molecule has 1 atom stereocenters. The molecule has 0 fully saturated rings. The quantitative estimate of drug-likeness (QED) is 0.841. The van der Waals surface area contributed by atoms with Gasteiger partial charge in [0.2, 0.25) is 5.91 Å². The number of amides is 1. The standard InChI is InChI=1S/C11H11BrN2O/c12-10(11(14)15)7-9-3-1-8(2-4-9)5-6-13/h1-4,10H,5,7H2,(H2,14,15). The maximum absolute atomic E-state index is 10.8. The van der Waals surface area contributed by atoms with Crippen LogP contribution < -0.4 is 5.73 Å². The third kappa shape index (κ3) is 3.72. The van der Waals surface area contributed by atoms with Crippen molar-refractivity contribution in [1.82, 2.24) is 0 Å². The fraction of sp³-hybridized carbons (Fsp3) is 0.273. The lowest BCUT2D eigenvalue weighted by Gasteiger charge is -2.05. The van der Waals surface area contributed by atoms with Gasteiger partial charge in [-0.2, -0.15) is 5.26 Å². The molecule has 0 saturated heterocycles. The first kappa shape index (κ1) is 11.7. The molecule has 3 nitrogen and oxygen atoms in total. The Labute approximate surface area is 97.0 Å². The van der Waals surface area contributed by atoms with Gasteiger partial charge in [-0.1, -0.05) is 40.2 Å². The molecule has 2 N–H and O–H groups in total. The van der Waals surface area contributed by atoms with Crippen molar-refractivity contribution < 1.29 is 4.79 Å². The first-order valence-corrected chi connectivity index (χ1v) is 5.43. The number of benzene rings is 1. The number of hydrogen-bond donors (Lipinski definition) is 1. The molecule has 0 bridgehead atoms. The van der Waals surface area contributed by atoms with Crippen LogP contribution in [0.3, 0.4) is 0 Å². The maximum Gasteiger partial charge on any atom is 0.231 e. The summed E-state index contributed by atoms with van der Waals surface area (Å²) in [7, 11) is 0. The average Bonchev–Trinajstić information content (AvgIpc) is 2.21. The number of rotatable bonds is 4. The summed E-state index contributed by atoms with van der Waals surface area (Å²) >= 11 is 3.20. The lowest BCUT2D eigenvalue weighted by atomic mass is 10.1. The number of halogens is 1. The Morgan fingerprint density at radius 1 is 1.40 bits per heavy atom. The van der Waals surface area contributed by atoms with Crippen molar-refractivity contribution in [3.63, 3.8) is 0 Å². The van der Waals surface area contributed by atoms with E-state index in [0.717, 1.165) is 11.1 Å². The van der Waals surface area contributed by atoms with Gasteiger partial charge < -0.3 is 5.73 Å². The second-order valence-electron chi connectivity index (χ2n) is 3.23. The first-order chi connectivity index (χ1) is 7.13. The topological polar surface area (TPSA) is 66.9 Å². The molecule has 1 rings (SSSR count). The van der Waals surface area contributed by atoms with Crippen molar-refractivity contribution in [3.05, 3.63) is 35.4 Å². The predicted molar refractivity (Wildman–Crippen MR) is 61.4 cm³/mol. The molecule has 1 aromatic carbocycles. The van der Waals surface area contributed by atoms with Gasteiger partial charge in [-0.3, -0.25) is 4.79 Å². The summed E-state index contributed by atoms with van der Waals surface area (Å²) in [6.07, 6.45) is 0.982. The molecule has 0 saturated carbocycles. The van der Waals surface area contributed by atoms with Gasteiger partial charge in [0, 0.05) is 0 Å². The summed E-state index contributed by atoms with van der Waals surface area (Å²) < 4.78 is 0. The monoisotopic (exact) mass is 266 g/mol. The third-order valence-corrected chi connectivity index (χ3v) is 2.80. The van der Waals surface area contributed by atoms with Gasteiger partial charge >= 0.3 is 0 Å². The number of nitrogens with zero attached hydrogens (tertiary/aromatic N) is 1. The Hall–Kier alpha value is -1.34. The second kappa shape index (κ2) is 5.52. The number of nitriles is 1. The Morgan fingerprint density at radius 2 is 1.93 bits per heavy atom. The minimum atomic E-state index is -0.365. The molecule has 15 heavy (non-hydrogen) atoms. The van der Waals surface area contributed by atoms with E-state index in [0.29, 0.717) is 12.8 Å². The van der Waals surface area contributed by atoms with Gasteiger partial charge in [-0.25, -0.2) is 0 Å². The molecule has 0 spiro atoms. The molecule has 4 heteroatoms. The van der Waals surface area contributed by atoms with Crippen LogP contribution in [-0.2, 0) is 17.6 Å². The van der Waals surface area contributed by atoms with E-state index >= 15 is 0 Å². The zero-order valence-corrected chi connectivity index (χ0v) is 9.70. The van der Waals surface area contributed by atoms with E-state index in [4.69, 9.17) is 11.0 Å². The van der Waals surface area contributed by atoms with Crippen LogP contribution in [0, 0.1) is 11.3 Å². The van der Waals surface area contributed by atoms with Crippen molar-refractivity contribution >= 4 is 21.8 Å². The Bertz CT molecular complexity index is 381. The lowest BCUT2D eigenvalue weighted by Crippen LogP contribution is -2.24. The van der Waals surface area contributed by atoms with Crippen molar-refractivity contribution in [2.24, 2.45) is 5.73 Å². The van der Waals surface area contributed by atoms with Gasteiger partial charge in [0.1, 0.15) is 0 Å². The number of carbonyl (C=O) groups is 1. The van der Waals surface area contributed by atoms with E-state index in [1.165, 1.54) is 0 Å². The summed E-state index contributed by atoms with van der Waals surface area (Å²) in [6, 6.07) is 9.67. The smallest absolute Gasteiger partial charge is 0.231 e. The minimum absolute atomic E-state index is 0.334. The molecule has 1 amide bonds. The predicted octanol–water partition coefficient (Wildman–Crippen LogP) is 1.54. The van der Waals surface area contributed by atoms with Crippen LogP contribution in [0.5, 0.6) is 0 Å². The molecule has 0 aliphatic heterocycles. The number of carbonyl (C=O) groups excluding carboxylic acids is 1. The highest BCUT2D eigenvalue weighted by Gasteiger charge is 2.10. The highest BCUT2D eigenvalue weighted by molar-refractivity contribution is 9.10. The van der Waals surface area contributed by atoms with Crippen LogP contribution in [0.1, 0.15) is 11.1 Å². The van der Waals surface area contributed by atoms with Crippen LogP contribution in [0.2, 0.25) is 0 Å². The molecular formula is C11H11BrN2O. The van der Waals surface area contributed by atoms with Gasteiger partial charge in [-0.05, 0) is 17.5 Å². The molecule has 0 aliphatic rings. The molecular weight excluding hydrogens is 256 g/mol. The molecule has 0 aromatic heterocycles. The molecule has 0 heterocycles. The van der Waals surface area contributed by atoms with Gasteiger partial charge in [0.15, 0.2) is 0 Å². The fourth-order valence-corrected chi connectivity index (χ4v) is 1.57. The highest BCUT2D eigenvalue weighted by Crippen LogP contribution is 2.11. The fourth-order valence-electron chi connectivity index (χ4n) is 1.19. The summed E-state index contributed by atoms with van der Waals surface area (Å²) in [5.74, 6) is -0.365. The summed E-state index contributed by atoms with van der Waals surface area (Å²) in [5.41, 5.74) is 7.14. The largest absolute Gasteiger partial charge is 0.369 e. The van der Waals surface area contributed by atoms with Crippen LogP contribution in [0.25, 0.3) is 0 Å². The highest BCUT2D eigenvalue weighted by atomic mass is 79.9. The Morgan fingerprint density at radius 3 is 2.40 bits per heavy atom. The van der Waals surface area contributed by atoms with E-state index in [9.17, 15) is 4.79 Å². The van der Waals surface area contributed by atoms with Crippen LogP contribution in [0.4, 0.5) is 0 Å². The van der Waals surface area contributed by atoms with Gasteiger partial charge in [0.05, 0.1) is 17.3 Å². The molecule has 0 radical (unpaired) electrons. The summed E-state index contributed by atoms with van der Waals surface area (Å²) in [5, 5.41) is 8.49. The second-order valence-corrected chi connectivity index (χ2v) is 4.33. The maximum atomic E-state index is 10.8. The number of alkyl halides is 1. The third-order valence-electron chi connectivity index (χ3n) is 2.03. The number of hydrogen-bond acceptors (Lipinski definition) is 2. The lowest BCUT2D eigenvalue weighted by molar-refractivity contribution is -0.117. The van der Waals surface area contributed by atoms with Crippen LogP contribution in [-0.4, -0.2) is 10.7 Å². The minimum Gasteiger partial charge on any atom is -0.369 e. The Balaban J connectivity index is 2.65. The van der Waals surface area contributed by atoms with E-state index in [2.05, 4.69) is 22.0 Å². The van der Waals surface area contributed by atoms with E-state index < -0.39 is 0 Å². The number of primary amides is 1. The molecule has 1 unspecified atom stereocenters. The van der Waals surface area contributed by atoms with E-state index in [1.807, 2.05) is 24.3 Å². The van der Waals surface area contributed by atoms with E-state index in [1.54, 1.807) is 0 Å². The normalized spacial score (nSPS) is 11.7. The summed E-state index contributed by atoms with van der Waals surface area (Å²) in [4.78, 5) is 10.5. The molecule has 1 aromatic rings. The molecule has 78 valence electrons. The zero-order chi connectivity index (χ0) is 11.3. The van der Waals surface area contributed by atoms with Crippen LogP contribution >= 0.6 is 15.9 Å². The Kier molecular flexibility index (Phi) is 4.32. The summed E-state index contributed by atoms with van der Waals surface area (Å²) in [6.45, 7) is 0. The zero-order valence-electron chi connectivity index (χ0n) is 8.11. The van der Waals surface area contributed by atoms with Crippen molar-refractivity contribution in [2.75, 3.05) is 0 Å². The number of nitrogens with two attached hydrogens (primary N) is 1. The van der Waals surface area contributed by atoms with Crippen molar-refractivity contribution in [2.45, 2.75) is 17.7 Å². The van der Waals surface area contributed by atoms with Crippen molar-refractivity contribution in [1.29, 1.82) is 5.26 Å². The van der Waals surface area contributed by atoms with Crippen LogP contribution in [0.15, 0.2) is 24.3 Å². The van der Waals surface area contributed by atoms with Crippen molar-refractivity contribution in [3.8, 4) is 6.07 Å². The van der Waals surface area contributed by atoms with Gasteiger partial charge in [0.25, 0.3) is 0 Å². The van der Waals surface area contributed by atoms with Gasteiger partial charge in [-0.15, -0.1) is 0 Å². The van der Waals surface area contributed by atoms with E-state index in [-0.39, 0.29) is 10.7 Å². The SMILES string of the molecule is N#CCc1ccc(CC(Br)C(N)=O)cc1. The molecule has 0 aliphatic carbocycles. The average molecular weight is 267 g/mol.